The van der Waals surface area contributed by atoms with Gasteiger partial charge in [-0.25, -0.2) is 13.8 Å². The molecule has 0 bridgehead atoms. The number of thiophene rings is 1. The highest BCUT2D eigenvalue weighted by Crippen LogP contribution is 2.44. The molecule has 0 radical (unpaired) electrons. The number of carbonyl (C=O) groups is 2. The Labute approximate surface area is 211 Å². The Kier molecular flexibility index (Phi) is 7.04. The zero-order chi connectivity index (χ0) is 25.1. The molecule has 0 N–H and O–H groups in total. The number of benzene rings is 2. The van der Waals surface area contributed by atoms with Gasteiger partial charge in [-0.3, -0.25) is 9.59 Å². The molecule has 1 aliphatic heterocycles. The minimum absolute atomic E-state index is 0.0821. The second-order valence-corrected chi connectivity index (χ2v) is 9.69. The van der Waals surface area contributed by atoms with E-state index in [0.717, 1.165) is 47.2 Å². The molecule has 0 unspecified atom stereocenters. The maximum absolute atomic E-state index is 13.7. The van der Waals surface area contributed by atoms with Gasteiger partial charge in [0.15, 0.2) is 6.61 Å². The first-order valence-corrected chi connectivity index (χ1v) is 12.7. The highest BCUT2D eigenvalue weighted by Gasteiger charge is 2.43. The molecule has 2 heterocycles. The molecule has 1 amide bonds. The molecule has 5 rings (SSSR count). The Morgan fingerprint density at radius 3 is 2.47 bits per heavy atom. The van der Waals surface area contributed by atoms with Crippen molar-refractivity contribution in [1.29, 1.82) is 0 Å². The highest BCUT2D eigenvalue weighted by molar-refractivity contribution is 7.08. The van der Waals surface area contributed by atoms with E-state index < -0.39 is 24.5 Å². The number of fused-ring (bicyclic) bond motifs is 1. The number of halogens is 2. The molecule has 8 heteroatoms. The smallest absolute Gasteiger partial charge is 0.310 e. The van der Waals surface area contributed by atoms with Crippen molar-refractivity contribution in [1.82, 2.24) is 5.01 Å². The first-order valence-electron chi connectivity index (χ1n) is 11.8. The van der Waals surface area contributed by atoms with Crippen molar-refractivity contribution < 1.29 is 23.1 Å². The van der Waals surface area contributed by atoms with Crippen LogP contribution in [0.3, 0.4) is 0 Å². The average Bonchev–Trinajstić information content (AvgIpc) is 3.53. The summed E-state index contributed by atoms with van der Waals surface area (Å²) >= 11 is 1.49. The maximum Gasteiger partial charge on any atom is 0.310 e. The van der Waals surface area contributed by atoms with Crippen molar-refractivity contribution in [2.45, 2.75) is 31.7 Å². The first kappa shape index (κ1) is 24.1. The van der Waals surface area contributed by atoms with Gasteiger partial charge < -0.3 is 4.74 Å². The van der Waals surface area contributed by atoms with Gasteiger partial charge in [0.25, 0.3) is 5.91 Å². The third kappa shape index (κ3) is 5.28. The molecule has 1 aromatic heterocycles. The van der Waals surface area contributed by atoms with Crippen LogP contribution in [0.1, 0.15) is 42.0 Å². The third-order valence-electron chi connectivity index (χ3n) is 6.46. The van der Waals surface area contributed by atoms with Gasteiger partial charge in [0.2, 0.25) is 0 Å². The Bertz CT molecular complexity index is 1300. The molecule has 0 spiro atoms. The number of hydrogen-bond donors (Lipinski definition) is 0. The Hall–Kier alpha value is -3.65. The lowest BCUT2D eigenvalue weighted by atomic mass is 9.77. The maximum atomic E-state index is 13.7. The molecule has 1 fully saturated rings. The van der Waals surface area contributed by atoms with Crippen LogP contribution < -0.4 is 0 Å². The summed E-state index contributed by atoms with van der Waals surface area (Å²) < 4.78 is 32.3. The average molecular weight is 507 g/mol. The van der Waals surface area contributed by atoms with Gasteiger partial charge in [0.1, 0.15) is 11.6 Å². The van der Waals surface area contributed by atoms with E-state index in [9.17, 15) is 18.4 Å². The quantitative estimate of drug-likeness (QED) is 0.389. The third-order valence-corrected chi connectivity index (χ3v) is 7.20. The number of hydrogen-bond acceptors (Lipinski definition) is 5. The van der Waals surface area contributed by atoms with Crippen molar-refractivity contribution in [2.75, 3.05) is 6.61 Å². The van der Waals surface area contributed by atoms with Crippen LogP contribution in [0.25, 0.3) is 6.08 Å². The summed E-state index contributed by atoms with van der Waals surface area (Å²) in [6.45, 7) is -0.429. The fourth-order valence-electron chi connectivity index (χ4n) is 4.78. The number of amides is 1. The number of carbonyl (C=O) groups excluding carboxylic acids is 2. The van der Waals surface area contributed by atoms with E-state index in [1.165, 1.54) is 40.6 Å². The van der Waals surface area contributed by atoms with Crippen molar-refractivity contribution in [2.24, 2.45) is 11.0 Å². The lowest BCUT2D eigenvalue weighted by Gasteiger charge is -2.29. The van der Waals surface area contributed by atoms with Crippen molar-refractivity contribution in [3.63, 3.8) is 0 Å². The van der Waals surface area contributed by atoms with Gasteiger partial charge in [-0.15, -0.1) is 0 Å². The lowest BCUT2D eigenvalue weighted by Crippen LogP contribution is -2.34. The van der Waals surface area contributed by atoms with Crippen LogP contribution in [0, 0.1) is 17.6 Å². The molecular weight excluding hydrogens is 482 g/mol. The van der Waals surface area contributed by atoms with Crippen LogP contribution >= 0.6 is 11.3 Å². The Morgan fingerprint density at radius 2 is 1.78 bits per heavy atom. The van der Waals surface area contributed by atoms with E-state index in [-0.39, 0.29) is 24.0 Å². The standard InChI is InChI=1S/C28H24F2N2O3S/c29-22-8-4-18(5-9-22)14-21-2-1-3-24-27(21)31-32(28(24)20-6-10-23(30)11-7-20)25(33)16-35-26(34)15-19-12-13-36-17-19/h4-14,17,24,28H,1-3,15-16H2/b21-14-/t24-,28+/m0/s1. The largest absolute Gasteiger partial charge is 0.455 e. The normalized spacial score (nSPS) is 20.2. The molecule has 5 nitrogen and oxygen atoms in total. The van der Waals surface area contributed by atoms with Gasteiger partial charge in [-0.1, -0.05) is 24.3 Å². The van der Waals surface area contributed by atoms with E-state index >= 15 is 0 Å². The number of rotatable bonds is 6. The van der Waals surface area contributed by atoms with Crippen molar-refractivity contribution in [3.8, 4) is 0 Å². The fourth-order valence-corrected chi connectivity index (χ4v) is 5.45. The Morgan fingerprint density at radius 1 is 1.06 bits per heavy atom. The minimum Gasteiger partial charge on any atom is -0.455 e. The second-order valence-electron chi connectivity index (χ2n) is 8.91. The number of hydrazone groups is 1. The van der Waals surface area contributed by atoms with E-state index in [2.05, 4.69) is 0 Å². The summed E-state index contributed by atoms with van der Waals surface area (Å²) in [7, 11) is 0. The van der Waals surface area contributed by atoms with Gasteiger partial charge in [-0.05, 0) is 88.7 Å². The SMILES string of the molecule is O=C(Cc1ccsc1)OCC(=O)N1N=C2/C(=C\c3ccc(F)cc3)CCC[C@@H]2[C@H]1c1ccc(F)cc1. The van der Waals surface area contributed by atoms with Crippen LogP contribution in [-0.2, 0) is 20.7 Å². The van der Waals surface area contributed by atoms with Crippen LogP contribution in [0.2, 0.25) is 0 Å². The van der Waals surface area contributed by atoms with Crippen molar-refractivity contribution >= 4 is 35.0 Å². The summed E-state index contributed by atoms with van der Waals surface area (Å²) in [5, 5.41) is 9.83. The van der Waals surface area contributed by atoms with Crippen molar-refractivity contribution in [3.05, 3.63) is 99.3 Å². The zero-order valence-electron chi connectivity index (χ0n) is 19.4. The monoisotopic (exact) mass is 506 g/mol. The molecule has 36 heavy (non-hydrogen) atoms. The first-order chi connectivity index (χ1) is 17.5. The molecule has 1 aliphatic carbocycles. The number of ether oxygens (including phenoxy) is 1. The van der Waals surface area contributed by atoms with E-state index in [4.69, 9.17) is 9.84 Å². The minimum atomic E-state index is -0.485. The summed E-state index contributed by atoms with van der Waals surface area (Å²) in [5.74, 6) is -1.68. The van der Waals surface area contributed by atoms with Crippen LogP contribution in [-0.4, -0.2) is 29.2 Å². The van der Waals surface area contributed by atoms with Gasteiger partial charge in [0, 0.05) is 5.92 Å². The molecule has 0 saturated heterocycles. The number of nitrogens with zero attached hydrogens (tertiary/aromatic N) is 2. The Balaban J connectivity index is 1.41. The van der Waals surface area contributed by atoms with E-state index in [1.54, 1.807) is 24.3 Å². The van der Waals surface area contributed by atoms with Crippen LogP contribution in [0.5, 0.6) is 0 Å². The molecule has 2 aromatic carbocycles. The molecule has 2 aliphatic rings. The number of allylic oxidation sites excluding steroid dienone is 1. The predicted octanol–water partition coefficient (Wildman–Crippen LogP) is 5.94. The molecule has 2 atom stereocenters. The highest BCUT2D eigenvalue weighted by atomic mass is 32.1. The van der Waals surface area contributed by atoms with E-state index in [1.807, 2.05) is 22.9 Å². The molecular formula is C28H24F2N2O3S. The number of esters is 1. The van der Waals surface area contributed by atoms with E-state index in [0.29, 0.717) is 0 Å². The lowest BCUT2D eigenvalue weighted by molar-refractivity contribution is -0.152. The predicted molar refractivity (Wildman–Crippen MR) is 134 cm³/mol. The van der Waals surface area contributed by atoms with Crippen LogP contribution in [0.4, 0.5) is 8.78 Å². The second kappa shape index (κ2) is 10.5. The fraction of sp³-hybridized carbons (Fsp3) is 0.250. The molecule has 3 aromatic rings. The van der Waals surface area contributed by atoms with Gasteiger partial charge in [0.05, 0.1) is 18.2 Å². The summed E-state index contributed by atoms with van der Waals surface area (Å²) in [5.41, 5.74) is 4.22. The van der Waals surface area contributed by atoms with Gasteiger partial charge >= 0.3 is 5.97 Å². The zero-order valence-corrected chi connectivity index (χ0v) is 20.2. The topological polar surface area (TPSA) is 59.0 Å². The summed E-state index contributed by atoms with van der Waals surface area (Å²) in [4.78, 5) is 25.5. The van der Waals surface area contributed by atoms with Gasteiger partial charge in [-0.2, -0.15) is 16.4 Å². The molecule has 1 saturated carbocycles. The van der Waals surface area contributed by atoms with Crippen LogP contribution in [0.15, 0.2) is 76.0 Å². The summed E-state index contributed by atoms with van der Waals surface area (Å²) in [6, 6.07) is 13.7. The summed E-state index contributed by atoms with van der Waals surface area (Å²) in [6.07, 6.45) is 4.55. The molecule has 184 valence electrons.